The predicted molar refractivity (Wildman–Crippen MR) is 125 cm³/mol. The van der Waals surface area contributed by atoms with Crippen LogP contribution < -0.4 is 0 Å². The highest BCUT2D eigenvalue weighted by atomic mass is 19.4. The molecule has 0 bridgehead atoms. The van der Waals surface area contributed by atoms with Crippen LogP contribution in [0.1, 0.15) is 80.6 Å². The maximum atomic E-state index is 13.0. The van der Waals surface area contributed by atoms with Crippen molar-refractivity contribution >= 4 is 11.6 Å². The zero-order chi connectivity index (χ0) is 25.2. The molecule has 0 aromatic heterocycles. The number of aliphatic hydroxyl groups is 1. The van der Waals surface area contributed by atoms with Crippen molar-refractivity contribution in [3.05, 3.63) is 58.2 Å². The summed E-state index contributed by atoms with van der Waals surface area (Å²) in [6.45, 7) is 3.42. The summed E-state index contributed by atoms with van der Waals surface area (Å²) in [5, 5.41) is 11.6. The molecule has 35 heavy (non-hydrogen) atoms. The molecule has 5 rings (SSSR count). The number of fused-ring (bicyclic) bond motifs is 4. The van der Waals surface area contributed by atoms with Crippen LogP contribution >= 0.6 is 0 Å². The van der Waals surface area contributed by atoms with Gasteiger partial charge in [-0.2, -0.15) is 13.2 Å². The van der Waals surface area contributed by atoms with E-state index < -0.39 is 17.2 Å². The Morgan fingerprint density at radius 2 is 1.83 bits per heavy atom. The van der Waals surface area contributed by atoms with Crippen LogP contribution in [0.3, 0.4) is 0 Å². The van der Waals surface area contributed by atoms with E-state index in [-0.39, 0.29) is 35.7 Å². The van der Waals surface area contributed by atoms with E-state index in [1.165, 1.54) is 24.0 Å². The number of ketones is 2. The first-order valence-electron chi connectivity index (χ1n) is 12.3. The Hall–Kier alpha value is -2.65. The monoisotopic (exact) mass is 482 g/mol. The summed E-state index contributed by atoms with van der Waals surface area (Å²) in [7, 11) is 0. The molecule has 6 heteroatoms. The molecule has 2 fully saturated rings. The zero-order valence-electron chi connectivity index (χ0n) is 20.0. The lowest BCUT2D eigenvalue weighted by molar-refractivity contribution is -0.114. The van der Waals surface area contributed by atoms with Crippen LogP contribution in [0.5, 0.6) is 0 Å². The van der Waals surface area contributed by atoms with E-state index in [9.17, 15) is 27.9 Å². The molecule has 3 nitrogen and oxygen atoms in total. The Balaban J connectivity index is 1.65. The standard InChI is InChI=1S/C29H29F3O3/c1-17(33)18-3-5-19(6-4-18)24-16-27(2)25(11-12-28(27,35)13-14-29(30,31)32)23-9-7-20-15-21(34)8-10-22(20)26(23)24/h3-6,15,23-25,35H,7-12,16H2,1-2H3. The van der Waals surface area contributed by atoms with Crippen LogP contribution in [-0.4, -0.2) is 28.5 Å². The second-order valence-corrected chi connectivity index (χ2v) is 10.8. The van der Waals surface area contributed by atoms with Gasteiger partial charge in [0.25, 0.3) is 0 Å². The highest BCUT2D eigenvalue weighted by Gasteiger charge is 2.62. The molecule has 1 aromatic rings. The van der Waals surface area contributed by atoms with Gasteiger partial charge in [0, 0.05) is 29.2 Å². The minimum Gasteiger partial charge on any atom is -0.377 e. The van der Waals surface area contributed by atoms with Crippen LogP contribution in [0.15, 0.2) is 47.1 Å². The fourth-order valence-electron chi connectivity index (χ4n) is 7.29. The number of rotatable bonds is 2. The Morgan fingerprint density at radius 3 is 2.49 bits per heavy atom. The van der Waals surface area contributed by atoms with E-state index in [1.54, 1.807) is 18.2 Å². The summed E-state index contributed by atoms with van der Waals surface area (Å²) in [6, 6.07) is 7.44. The number of Topliss-reactive ketones (excluding diaryl/α,β-unsaturated/α-hetero) is 1. The molecule has 0 radical (unpaired) electrons. The van der Waals surface area contributed by atoms with Crippen molar-refractivity contribution in [2.45, 2.75) is 76.5 Å². The maximum absolute atomic E-state index is 13.0. The molecule has 0 amide bonds. The molecule has 4 aliphatic carbocycles. The van der Waals surface area contributed by atoms with Gasteiger partial charge in [-0.25, -0.2) is 0 Å². The molecule has 1 aromatic carbocycles. The summed E-state index contributed by atoms with van der Waals surface area (Å²) < 4.78 is 39.0. The molecular formula is C29H29F3O3. The summed E-state index contributed by atoms with van der Waals surface area (Å²) in [4.78, 5) is 24.0. The Labute approximate surface area is 203 Å². The molecule has 0 saturated heterocycles. The van der Waals surface area contributed by atoms with Gasteiger partial charge in [0.2, 0.25) is 0 Å². The minimum absolute atomic E-state index is 0.0180. The fraction of sp³-hybridized carbons (Fsp3) is 0.517. The normalized spacial score (nSPS) is 34.3. The van der Waals surface area contributed by atoms with Crippen molar-refractivity contribution < 1.29 is 27.9 Å². The number of benzene rings is 1. The van der Waals surface area contributed by atoms with E-state index in [0.717, 1.165) is 24.0 Å². The molecule has 5 unspecified atom stereocenters. The highest BCUT2D eigenvalue weighted by molar-refractivity contribution is 5.94. The summed E-state index contributed by atoms with van der Waals surface area (Å²) >= 11 is 0. The average Bonchev–Trinajstić information content (AvgIpc) is 3.07. The van der Waals surface area contributed by atoms with Gasteiger partial charge >= 0.3 is 6.18 Å². The Morgan fingerprint density at radius 1 is 1.11 bits per heavy atom. The molecule has 1 N–H and O–H groups in total. The van der Waals surface area contributed by atoms with Gasteiger partial charge in [-0.15, -0.1) is 0 Å². The van der Waals surface area contributed by atoms with Crippen molar-refractivity contribution in [3.63, 3.8) is 0 Å². The van der Waals surface area contributed by atoms with Gasteiger partial charge in [0.15, 0.2) is 11.6 Å². The van der Waals surface area contributed by atoms with E-state index in [4.69, 9.17) is 0 Å². The van der Waals surface area contributed by atoms with Gasteiger partial charge in [-0.05, 0) is 80.1 Å². The van der Waals surface area contributed by atoms with Crippen molar-refractivity contribution in [2.75, 3.05) is 0 Å². The first-order chi connectivity index (χ1) is 16.4. The third-order valence-electron chi connectivity index (χ3n) is 9.02. The van der Waals surface area contributed by atoms with Gasteiger partial charge in [0.05, 0.1) is 0 Å². The highest BCUT2D eigenvalue weighted by Crippen LogP contribution is 2.66. The molecular weight excluding hydrogens is 453 g/mol. The van der Waals surface area contributed by atoms with Crippen molar-refractivity contribution in [1.82, 2.24) is 0 Å². The molecule has 2 saturated carbocycles. The minimum atomic E-state index is -4.66. The number of halogens is 3. The smallest absolute Gasteiger partial charge is 0.377 e. The number of allylic oxidation sites excluding steroid dienone is 4. The Bertz CT molecular complexity index is 1210. The lowest BCUT2D eigenvalue weighted by Crippen LogP contribution is -2.51. The first-order valence-corrected chi connectivity index (χ1v) is 12.3. The van der Waals surface area contributed by atoms with Gasteiger partial charge in [0.1, 0.15) is 5.60 Å². The van der Waals surface area contributed by atoms with E-state index in [2.05, 4.69) is 5.92 Å². The largest absolute Gasteiger partial charge is 0.457 e. The van der Waals surface area contributed by atoms with Crippen LogP contribution in [0.4, 0.5) is 13.2 Å². The van der Waals surface area contributed by atoms with Crippen molar-refractivity contribution in [3.8, 4) is 11.8 Å². The molecule has 0 spiro atoms. The summed E-state index contributed by atoms with van der Waals surface area (Å²) in [5.74, 6) is 3.74. The van der Waals surface area contributed by atoms with E-state index >= 15 is 0 Å². The quantitative estimate of drug-likeness (QED) is 0.410. The van der Waals surface area contributed by atoms with Crippen LogP contribution in [0.2, 0.25) is 0 Å². The second kappa shape index (κ2) is 8.20. The summed E-state index contributed by atoms with van der Waals surface area (Å²) in [5.41, 5.74) is 2.64. The third-order valence-corrected chi connectivity index (χ3v) is 9.02. The molecule has 0 aliphatic heterocycles. The average molecular weight is 483 g/mol. The van der Waals surface area contributed by atoms with Crippen LogP contribution in [0, 0.1) is 29.1 Å². The van der Waals surface area contributed by atoms with Crippen LogP contribution in [0.25, 0.3) is 0 Å². The number of hydrogen-bond donors (Lipinski definition) is 1. The van der Waals surface area contributed by atoms with Gasteiger partial charge in [-0.1, -0.05) is 42.7 Å². The maximum Gasteiger partial charge on any atom is 0.457 e. The first kappa shape index (κ1) is 24.1. The Kier molecular flexibility index (Phi) is 5.64. The molecule has 4 aliphatic rings. The molecule has 184 valence electrons. The lowest BCUT2D eigenvalue weighted by atomic mass is 9.51. The SMILES string of the molecule is CC(=O)c1ccc(C2CC3(C)C(CCC3(O)C#CC(F)(F)F)C3CCC4=CC(=O)CCC4=C23)cc1. The van der Waals surface area contributed by atoms with E-state index in [0.29, 0.717) is 31.2 Å². The number of alkyl halides is 3. The number of carbonyl (C=O) groups is 2. The van der Waals surface area contributed by atoms with Crippen LogP contribution in [-0.2, 0) is 4.79 Å². The second-order valence-electron chi connectivity index (χ2n) is 10.8. The summed E-state index contributed by atoms with van der Waals surface area (Å²) in [6.07, 6.45) is 1.14. The van der Waals surface area contributed by atoms with Gasteiger partial charge < -0.3 is 5.11 Å². The fourth-order valence-corrected chi connectivity index (χ4v) is 7.29. The lowest BCUT2D eigenvalue weighted by Gasteiger charge is -2.53. The van der Waals surface area contributed by atoms with Crippen molar-refractivity contribution in [1.29, 1.82) is 0 Å². The predicted octanol–water partition coefficient (Wildman–Crippen LogP) is 6.09. The molecule has 5 atom stereocenters. The van der Waals surface area contributed by atoms with Gasteiger partial charge in [-0.3, -0.25) is 9.59 Å². The van der Waals surface area contributed by atoms with Crippen molar-refractivity contribution in [2.24, 2.45) is 17.3 Å². The number of hydrogen-bond acceptors (Lipinski definition) is 3. The molecule has 0 heterocycles. The number of carbonyl (C=O) groups excluding carboxylic acids is 2. The third kappa shape index (κ3) is 3.98. The topological polar surface area (TPSA) is 54.4 Å². The zero-order valence-corrected chi connectivity index (χ0v) is 20.0. The van der Waals surface area contributed by atoms with E-state index in [1.807, 2.05) is 19.1 Å².